The second-order valence-electron chi connectivity index (χ2n) is 10.7. The van der Waals surface area contributed by atoms with Crippen LogP contribution in [0.4, 0.5) is 0 Å². The second kappa shape index (κ2) is 12.3. The number of ether oxygens (including phenoxy) is 1. The molecule has 3 rings (SSSR count). The number of halogens is 1. The molecule has 1 unspecified atom stereocenters. The second-order valence-corrected chi connectivity index (χ2v) is 11.1. The van der Waals surface area contributed by atoms with Gasteiger partial charge in [-0.3, -0.25) is 9.59 Å². The Balaban J connectivity index is 1.82. The van der Waals surface area contributed by atoms with Gasteiger partial charge in [-0.15, -0.1) is 0 Å². The van der Waals surface area contributed by atoms with Crippen molar-refractivity contribution in [3.8, 4) is 16.9 Å². The van der Waals surface area contributed by atoms with Crippen molar-refractivity contribution in [1.29, 1.82) is 0 Å². The first-order valence-corrected chi connectivity index (χ1v) is 12.9. The van der Waals surface area contributed by atoms with E-state index >= 15 is 0 Å². The van der Waals surface area contributed by atoms with Crippen molar-refractivity contribution >= 4 is 23.5 Å². The highest BCUT2D eigenvalue weighted by Gasteiger charge is 2.20. The highest BCUT2D eigenvalue weighted by atomic mass is 35.5. The normalized spacial score (nSPS) is 12.2. The molecule has 6 heteroatoms. The van der Waals surface area contributed by atoms with Gasteiger partial charge in [0.1, 0.15) is 11.9 Å². The number of aliphatic carboxylic acids is 1. The van der Waals surface area contributed by atoms with E-state index in [4.69, 9.17) is 21.4 Å². The van der Waals surface area contributed by atoms with Crippen LogP contribution in [0.2, 0.25) is 5.02 Å². The molecular weight excluding hydrogens is 486 g/mol. The molecule has 37 heavy (non-hydrogen) atoms. The number of carboxylic acid groups (broad SMARTS) is 1. The van der Waals surface area contributed by atoms with E-state index in [1.807, 2.05) is 36.4 Å². The maximum absolute atomic E-state index is 12.4. The van der Waals surface area contributed by atoms with Crippen LogP contribution >= 0.6 is 11.6 Å². The van der Waals surface area contributed by atoms with Gasteiger partial charge in [-0.05, 0) is 96.3 Å². The van der Waals surface area contributed by atoms with Crippen molar-refractivity contribution in [2.75, 3.05) is 6.54 Å². The first-order valence-electron chi connectivity index (χ1n) is 12.6. The predicted molar refractivity (Wildman–Crippen MR) is 149 cm³/mol. The van der Waals surface area contributed by atoms with Gasteiger partial charge in [0, 0.05) is 17.1 Å². The van der Waals surface area contributed by atoms with Crippen LogP contribution in [0.3, 0.4) is 0 Å². The van der Waals surface area contributed by atoms with Crippen LogP contribution in [0.1, 0.15) is 73.2 Å². The summed E-state index contributed by atoms with van der Waals surface area (Å²) in [6.07, 6.45) is 1.51. The minimum absolute atomic E-state index is 0.0952. The van der Waals surface area contributed by atoms with Gasteiger partial charge in [-0.1, -0.05) is 56.6 Å². The van der Waals surface area contributed by atoms with Crippen molar-refractivity contribution in [2.45, 2.75) is 60.0 Å². The van der Waals surface area contributed by atoms with Gasteiger partial charge in [0.25, 0.3) is 5.91 Å². The lowest BCUT2D eigenvalue weighted by molar-refractivity contribution is -0.136. The lowest BCUT2D eigenvalue weighted by Crippen LogP contribution is -2.26. The Morgan fingerprint density at radius 3 is 2.11 bits per heavy atom. The first-order chi connectivity index (χ1) is 17.4. The third kappa shape index (κ3) is 8.36. The van der Waals surface area contributed by atoms with Gasteiger partial charge < -0.3 is 15.2 Å². The molecule has 3 aromatic carbocycles. The Labute approximate surface area is 224 Å². The molecule has 0 saturated heterocycles. The maximum Gasteiger partial charge on any atom is 0.305 e. The minimum atomic E-state index is -0.943. The van der Waals surface area contributed by atoms with E-state index in [0.717, 1.165) is 40.8 Å². The van der Waals surface area contributed by atoms with Crippen LogP contribution in [0.5, 0.6) is 5.75 Å². The number of carbonyl (C=O) groups is 2. The number of hydrogen-bond acceptors (Lipinski definition) is 3. The fourth-order valence-corrected chi connectivity index (χ4v) is 4.45. The molecule has 3 aromatic rings. The number of amides is 1. The largest absolute Gasteiger partial charge is 0.486 e. The number of benzene rings is 3. The molecule has 0 bridgehead atoms. The van der Waals surface area contributed by atoms with Gasteiger partial charge >= 0.3 is 5.97 Å². The van der Waals surface area contributed by atoms with Crippen LogP contribution < -0.4 is 10.1 Å². The van der Waals surface area contributed by atoms with E-state index in [2.05, 4.69) is 52.1 Å². The Kier molecular flexibility index (Phi) is 9.39. The van der Waals surface area contributed by atoms with Gasteiger partial charge in [-0.25, -0.2) is 0 Å². The minimum Gasteiger partial charge on any atom is -0.486 e. The van der Waals surface area contributed by atoms with E-state index in [0.29, 0.717) is 10.6 Å². The molecule has 1 amide bonds. The molecule has 0 aliphatic rings. The number of carboxylic acids is 1. The third-order valence-corrected chi connectivity index (χ3v) is 6.50. The molecule has 0 aromatic heterocycles. The Bertz CT molecular complexity index is 1200. The quantitative estimate of drug-likeness (QED) is 0.285. The maximum atomic E-state index is 12.4. The zero-order valence-electron chi connectivity index (χ0n) is 22.2. The summed E-state index contributed by atoms with van der Waals surface area (Å²) < 4.78 is 6.57. The first kappa shape index (κ1) is 28.3. The highest BCUT2D eigenvalue weighted by Crippen LogP contribution is 2.35. The average Bonchev–Trinajstić information content (AvgIpc) is 2.82. The van der Waals surface area contributed by atoms with Gasteiger partial charge in [-0.2, -0.15) is 0 Å². The van der Waals surface area contributed by atoms with Gasteiger partial charge in [0.15, 0.2) is 0 Å². The molecular formula is C31H36ClNO4. The molecule has 0 saturated carbocycles. The Morgan fingerprint density at radius 1 is 0.973 bits per heavy atom. The third-order valence-electron chi connectivity index (χ3n) is 6.24. The molecule has 196 valence electrons. The van der Waals surface area contributed by atoms with Gasteiger partial charge in [0.2, 0.25) is 0 Å². The molecule has 0 aliphatic heterocycles. The molecule has 0 heterocycles. The van der Waals surface area contributed by atoms with Crippen molar-refractivity contribution in [3.63, 3.8) is 0 Å². The molecule has 0 radical (unpaired) electrons. The van der Waals surface area contributed by atoms with Crippen LogP contribution in [0.15, 0.2) is 60.7 Å². The number of nitrogens with one attached hydrogen (secondary N) is 1. The monoisotopic (exact) mass is 521 g/mol. The molecule has 0 aliphatic carbocycles. The van der Waals surface area contributed by atoms with E-state index in [-0.39, 0.29) is 30.4 Å². The van der Waals surface area contributed by atoms with E-state index in [1.165, 1.54) is 5.56 Å². The molecule has 0 fully saturated rings. The van der Waals surface area contributed by atoms with E-state index in [1.54, 1.807) is 12.1 Å². The summed E-state index contributed by atoms with van der Waals surface area (Å²) in [5.74, 6) is -0.424. The number of rotatable bonds is 10. The van der Waals surface area contributed by atoms with Crippen molar-refractivity contribution in [1.82, 2.24) is 5.32 Å². The Hall–Kier alpha value is -3.31. The summed E-state index contributed by atoms with van der Waals surface area (Å²) in [6, 6.07) is 19.4. The summed E-state index contributed by atoms with van der Waals surface area (Å²) in [5, 5.41) is 12.1. The van der Waals surface area contributed by atoms with Gasteiger partial charge in [0.05, 0.1) is 6.42 Å². The van der Waals surface area contributed by atoms with Crippen LogP contribution in [0, 0.1) is 19.3 Å². The molecule has 5 nitrogen and oxygen atoms in total. The summed E-state index contributed by atoms with van der Waals surface area (Å²) in [5.41, 5.74) is 6.17. The topological polar surface area (TPSA) is 75.6 Å². The lowest BCUT2D eigenvalue weighted by atomic mass is 9.88. The zero-order valence-corrected chi connectivity index (χ0v) is 23.0. The Morgan fingerprint density at radius 2 is 1.57 bits per heavy atom. The van der Waals surface area contributed by atoms with Crippen LogP contribution in [-0.4, -0.2) is 23.5 Å². The SMILES string of the molecule is Cc1cc(OC(CCC(C)(C)C)c2ccc(C(=O)NCCC(=O)O)cc2)cc(C)c1-c1ccc(Cl)cc1. The molecule has 1 atom stereocenters. The molecule has 0 spiro atoms. The van der Waals surface area contributed by atoms with E-state index in [9.17, 15) is 9.59 Å². The van der Waals surface area contributed by atoms with E-state index < -0.39 is 5.97 Å². The average molecular weight is 522 g/mol. The van der Waals surface area contributed by atoms with Crippen molar-refractivity contribution in [2.24, 2.45) is 5.41 Å². The number of carbonyl (C=O) groups excluding carboxylic acids is 1. The summed E-state index contributed by atoms with van der Waals surface area (Å²) in [6.45, 7) is 10.9. The summed E-state index contributed by atoms with van der Waals surface area (Å²) in [7, 11) is 0. The lowest BCUT2D eigenvalue weighted by Gasteiger charge is -2.25. The smallest absolute Gasteiger partial charge is 0.305 e. The molecule has 2 N–H and O–H groups in total. The fourth-order valence-electron chi connectivity index (χ4n) is 4.32. The summed E-state index contributed by atoms with van der Waals surface area (Å²) in [4.78, 5) is 23.0. The van der Waals surface area contributed by atoms with Crippen LogP contribution in [-0.2, 0) is 4.79 Å². The predicted octanol–water partition coefficient (Wildman–Crippen LogP) is 7.77. The fraction of sp³-hybridized carbons (Fsp3) is 0.355. The van der Waals surface area contributed by atoms with Crippen molar-refractivity contribution in [3.05, 3.63) is 87.9 Å². The van der Waals surface area contributed by atoms with Crippen LogP contribution in [0.25, 0.3) is 11.1 Å². The summed E-state index contributed by atoms with van der Waals surface area (Å²) >= 11 is 6.08. The standard InChI is InChI=1S/C31H36ClNO4/c1-20-18-26(19-21(2)29(20)23-10-12-25(32)13-11-23)37-27(14-16-31(3,4)5)22-6-8-24(9-7-22)30(36)33-17-15-28(34)35/h6-13,18-19,27H,14-17H2,1-5H3,(H,33,36)(H,34,35). The zero-order chi connectivity index (χ0) is 27.2. The highest BCUT2D eigenvalue weighted by molar-refractivity contribution is 6.30. The van der Waals surface area contributed by atoms with Crippen molar-refractivity contribution < 1.29 is 19.4 Å². The number of aryl methyl sites for hydroxylation is 2. The number of hydrogen-bond donors (Lipinski definition) is 2.